The van der Waals surface area contributed by atoms with E-state index in [0.717, 1.165) is 78.3 Å². The quantitative estimate of drug-likeness (QED) is 0.685. The molecule has 0 aromatic rings. The summed E-state index contributed by atoms with van der Waals surface area (Å²) in [7, 11) is 0. The average Bonchev–Trinajstić information content (AvgIpc) is 2.51. The summed E-state index contributed by atoms with van der Waals surface area (Å²) in [6.07, 6.45) is 1.90. The van der Waals surface area contributed by atoms with Gasteiger partial charge in [0, 0.05) is 52.4 Å². The van der Waals surface area contributed by atoms with E-state index < -0.39 is 11.9 Å². The Balaban J connectivity index is 1.96. The third-order valence-electron chi connectivity index (χ3n) is 4.81. The van der Waals surface area contributed by atoms with Gasteiger partial charge in [-0.1, -0.05) is 0 Å². The standard InChI is InChI=1S/C16H30N4O4/c21-15(22)13-19-5-1-3-17-7-8-18(10-11-19)4-2-6-20(12-9-17)14-16(23)24/h1-14H2,(H,21,22)(H,23,24). The number of carboxylic acids is 2. The van der Waals surface area contributed by atoms with Crippen molar-refractivity contribution >= 4 is 11.9 Å². The summed E-state index contributed by atoms with van der Waals surface area (Å²) in [6, 6.07) is 0. The zero-order chi connectivity index (χ0) is 17.4. The first kappa shape index (κ1) is 19.1. The van der Waals surface area contributed by atoms with Gasteiger partial charge in [0.1, 0.15) is 0 Å². The Morgan fingerprint density at radius 3 is 1.33 bits per heavy atom. The molecule has 2 rings (SSSR count). The second-order valence-electron chi connectivity index (χ2n) is 6.73. The Bertz CT molecular complexity index is 383. The highest BCUT2D eigenvalue weighted by molar-refractivity contribution is 5.69. The Morgan fingerprint density at radius 1 is 0.583 bits per heavy atom. The molecule has 2 fully saturated rings. The first-order valence-electron chi connectivity index (χ1n) is 8.86. The molecule has 2 N–H and O–H groups in total. The molecule has 24 heavy (non-hydrogen) atoms. The van der Waals surface area contributed by atoms with Gasteiger partial charge in [0.15, 0.2) is 0 Å². The predicted octanol–water partition coefficient (Wildman–Crippen LogP) is -0.829. The molecule has 0 aliphatic carbocycles. The number of carboxylic acid groups (broad SMARTS) is 2. The highest BCUT2D eigenvalue weighted by Crippen LogP contribution is 2.06. The monoisotopic (exact) mass is 342 g/mol. The van der Waals surface area contributed by atoms with Crippen molar-refractivity contribution in [2.75, 3.05) is 78.5 Å². The van der Waals surface area contributed by atoms with Gasteiger partial charge in [-0.25, -0.2) is 0 Å². The van der Waals surface area contributed by atoms with E-state index in [1.165, 1.54) is 0 Å². The summed E-state index contributed by atoms with van der Waals surface area (Å²) in [4.78, 5) is 30.8. The molecule has 2 aliphatic heterocycles. The zero-order valence-corrected chi connectivity index (χ0v) is 14.4. The maximum absolute atomic E-state index is 11.0. The van der Waals surface area contributed by atoms with Gasteiger partial charge in [-0.2, -0.15) is 0 Å². The SMILES string of the molecule is O=C(O)CN1CCCN2CCN(CCCN(CC(=O)O)CC2)CC1. The van der Waals surface area contributed by atoms with Crippen LogP contribution < -0.4 is 0 Å². The van der Waals surface area contributed by atoms with E-state index in [0.29, 0.717) is 0 Å². The largest absolute Gasteiger partial charge is 0.480 e. The Morgan fingerprint density at radius 2 is 0.958 bits per heavy atom. The fourth-order valence-corrected chi connectivity index (χ4v) is 3.48. The molecular formula is C16H30N4O4. The lowest BCUT2D eigenvalue weighted by atomic mass is 10.2. The first-order valence-corrected chi connectivity index (χ1v) is 8.86. The van der Waals surface area contributed by atoms with Gasteiger partial charge in [-0.3, -0.25) is 19.4 Å². The van der Waals surface area contributed by atoms with E-state index in [1.54, 1.807) is 0 Å². The second kappa shape index (κ2) is 9.93. The van der Waals surface area contributed by atoms with Crippen LogP contribution in [-0.4, -0.2) is 120 Å². The molecule has 0 spiro atoms. The van der Waals surface area contributed by atoms with Crippen LogP contribution in [0.15, 0.2) is 0 Å². The lowest BCUT2D eigenvalue weighted by molar-refractivity contribution is -0.139. The van der Waals surface area contributed by atoms with Crippen LogP contribution in [0.1, 0.15) is 12.8 Å². The molecule has 0 aromatic carbocycles. The third kappa shape index (κ3) is 7.12. The summed E-state index contributed by atoms with van der Waals surface area (Å²) in [5, 5.41) is 18.1. The molecule has 2 saturated heterocycles. The van der Waals surface area contributed by atoms with E-state index in [-0.39, 0.29) is 13.1 Å². The maximum atomic E-state index is 11.0. The number of carbonyl (C=O) groups is 2. The van der Waals surface area contributed by atoms with Crippen molar-refractivity contribution in [3.05, 3.63) is 0 Å². The maximum Gasteiger partial charge on any atom is 0.317 e. The summed E-state index contributed by atoms with van der Waals surface area (Å²) in [5.41, 5.74) is 0. The van der Waals surface area contributed by atoms with Crippen LogP contribution in [0, 0.1) is 0 Å². The summed E-state index contributed by atoms with van der Waals surface area (Å²) < 4.78 is 0. The van der Waals surface area contributed by atoms with Crippen molar-refractivity contribution in [1.29, 1.82) is 0 Å². The van der Waals surface area contributed by atoms with E-state index in [1.807, 2.05) is 9.80 Å². The minimum atomic E-state index is -0.763. The lowest BCUT2D eigenvalue weighted by Gasteiger charge is -2.35. The minimum Gasteiger partial charge on any atom is -0.480 e. The number of hydrogen-bond donors (Lipinski definition) is 2. The van der Waals surface area contributed by atoms with Crippen LogP contribution in [-0.2, 0) is 9.59 Å². The van der Waals surface area contributed by atoms with Crippen LogP contribution in [0.2, 0.25) is 0 Å². The summed E-state index contributed by atoms with van der Waals surface area (Å²) in [5.74, 6) is -1.53. The number of fused-ring (bicyclic) bond motifs is 3. The molecule has 0 aromatic heterocycles. The molecule has 2 atom stereocenters. The normalized spacial score (nSPS) is 28.3. The first-order chi connectivity index (χ1) is 11.5. The van der Waals surface area contributed by atoms with Gasteiger partial charge >= 0.3 is 11.9 Å². The number of aliphatic carboxylic acids is 2. The third-order valence-corrected chi connectivity index (χ3v) is 4.81. The molecule has 2 unspecified atom stereocenters. The van der Waals surface area contributed by atoms with Crippen molar-refractivity contribution in [3.63, 3.8) is 0 Å². The fraction of sp³-hybridized carbons (Fsp3) is 0.875. The van der Waals surface area contributed by atoms with E-state index in [9.17, 15) is 9.59 Å². The molecule has 8 heteroatoms. The molecule has 2 heterocycles. The minimum absolute atomic E-state index is 0.111. The van der Waals surface area contributed by atoms with E-state index >= 15 is 0 Å². The van der Waals surface area contributed by atoms with Gasteiger partial charge in [0.25, 0.3) is 0 Å². The summed E-state index contributed by atoms with van der Waals surface area (Å²) >= 11 is 0. The smallest absolute Gasteiger partial charge is 0.317 e. The van der Waals surface area contributed by atoms with Crippen LogP contribution in [0.4, 0.5) is 0 Å². The average molecular weight is 342 g/mol. The molecule has 2 bridgehead atoms. The van der Waals surface area contributed by atoms with Gasteiger partial charge in [0.05, 0.1) is 13.1 Å². The van der Waals surface area contributed by atoms with Crippen LogP contribution in [0.5, 0.6) is 0 Å². The van der Waals surface area contributed by atoms with Crippen molar-refractivity contribution in [1.82, 2.24) is 19.6 Å². The van der Waals surface area contributed by atoms with Crippen LogP contribution in [0.25, 0.3) is 0 Å². The van der Waals surface area contributed by atoms with Crippen LogP contribution in [0.3, 0.4) is 0 Å². The Labute approximate surface area is 143 Å². The highest BCUT2D eigenvalue weighted by atomic mass is 16.4. The van der Waals surface area contributed by atoms with Gasteiger partial charge in [-0.05, 0) is 25.9 Å². The van der Waals surface area contributed by atoms with E-state index in [4.69, 9.17) is 10.2 Å². The second-order valence-corrected chi connectivity index (χ2v) is 6.73. The predicted molar refractivity (Wildman–Crippen MR) is 90.3 cm³/mol. The molecular weight excluding hydrogens is 312 g/mol. The van der Waals surface area contributed by atoms with Gasteiger partial charge in [0.2, 0.25) is 0 Å². The molecule has 0 saturated carbocycles. The summed E-state index contributed by atoms with van der Waals surface area (Å²) in [6.45, 7) is 9.01. The van der Waals surface area contributed by atoms with Gasteiger partial charge < -0.3 is 20.0 Å². The van der Waals surface area contributed by atoms with Gasteiger partial charge in [-0.15, -0.1) is 0 Å². The van der Waals surface area contributed by atoms with Crippen LogP contribution >= 0.6 is 0 Å². The highest BCUT2D eigenvalue weighted by Gasteiger charge is 2.19. The van der Waals surface area contributed by atoms with Crippen molar-refractivity contribution < 1.29 is 19.8 Å². The van der Waals surface area contributed by atoms with Crippen molar-refractivity contribution in [2.24, 2.45) is 0 Å². The molecule has 138 valence electrons. The molecule has 8 nitrogen and oxygen atoms in total. The molecule has 2 aliphatic rings. The van der Waals surface area contributed by atoms with E-state index in [2.05, 4.69) is 9.80 Å². The zero-order valence-electron chi connectivity index (χ0n) is 14.4. The molecule has 0 radical (unpaired) electrons. The Hall–Kier alpha value is -1.22. The number of hydrogen-bond acceptors (Lipinski definition) is 6. The number of nitrogens with zero attached hydrogens (tertiary/aromatic N) is 4. The fourth-order valence-electron chi connectivity index (χ4n) is 3.48. The van der Waals surface area contributed by atoms with Crippen molar-refractivity contribution in [2.45, 2.75) is 12.8 Å². The topological polar surface area (TPSA) is 87.6 Å². The Kier molecular flexibility index (Phi) is 7.90. The van der Waals surface area contributed by atoms with Crippen molar-refractivity contribution in [3.8, 4) is 0 Å². The molecule has 0 amide bonds. The lowest BCUT2D eigenvalue weighted by Crippen LogP contribution is -2.48. The number of rotatable bonds is 4.